The van der Waals surface area contributed by atoms with E-state index in [2.05, 4.69) is 27.7 Å². The highest BCUT2D eigenvalue weighted by molar-refractivity contribution is 5.94. The largest absolute Gasteiger partial charge is 0.372 e. The van der Waals surface area contributed by atoms with Gasteiger partial charge in [-0.3, -0.25) is 9.59 Å². The van der Waals surface area contributed by atoms with Crippen LogP contribution in [0.25, 0.3) is 0 Å². The average Bonchev–Trinajstić information content (AvgIpc) is 2.72. The van der Waals surface area contributed by atoms with E-state index in [4.69, 9.17) is 0 Å². The van der Waals surface area contributed by atoms with E-state index in [1.807, 2.05) is 12.1 Å². The van der Waals surface area contributed by atoms with Crippen molar-refractivity contribution < 1.29 is 9.59 Å². The molecule has 0 unspecified atom stereocenters. The third-order valence-electron chi connectivity index (χ3n) is 8.02. The molecule has 5 fully saturated rings. The molecule has 5 nitrogen and oxygen atoms in total. The van der Waals surface area contributed by atoms with E-state index in [9.17, 15) is 9.59 Å². The number of piperidine rings is 1. The molecule has 0 radical (unpaired) electrons. The van der Waals surface area contributed by atoms with E-state index in [1.165, 1.54) is 63.5 Å². The van der Waals surface area contributed by atoms with Crippen LogP contribution in [0.15, 0.2) is 24.3 Å². The highest BCUT2D eigenvalue weighted by Crippen LogP contribution is 2.61. The third-order valence-corrected chi connectivity index (χ3v) is 8.02. The highest BCUT2D eigenvalue weighted by Gasteiger charge is 2.51. The molecule has 2 N–H and O–H groups in total. The SMILES string of the molecule is O=C(CC12CC3CC(CC(C3)C1)C2)NCC(=O)Nc1ccc(N2CCCCC2)cc1. The zero-order valence-electron chi connectivity index (χ0n) is 18.0. The molecule has 4 saturated carbocycles. The molecule has 1 aromatic rings. The quantitative estimate of drug-likeness (QED) is 0.735. The van der Waals surface area contributed by atoms with Crippen LogP contribution in [0, 0.1) is 23.2 Å². The number of carbonyl (C=O) groups is 2. The van der Waals surface area contributed by atoms with Gasteiger partial charge in [0.15, 0.2) is 0 Å². The van der Waals surface area contributed by atoms with Crippen molar-refractivity contribution in [3.05, 3.63) is 24.3 Å². The Kier molecular flexibility index (Phi) is 5.46. The lowest BCUT2D eigenvalue weighted by atomic mass is 9.49. The van der Waals surface area contributed by atoms with Gasteiger partial charge >= 0.3 is 0 Å². The van der Waals surface area contributed by atoms with E-state index in [0.29, 0.717) is 6.42 Å². The number of hydrogen-bond donors (Lipinski definition) is 2. The van der Waals surface area contributed by atoms with Gasteiger partial charge in [-0.15, -0.1) is 0 Å². The van der Waals surface area contributed by atoms with E-state index in [-0.39, 0.29) is 23.8 Å². The first kappa shape index (κ1) is 19.9. The smallest absolute Gasteiger partial charge is 0.243 e. The number of nitrogens with zero attached hydrogens (tertiary/aromatic N) is 1. The van der Waals surface area contributed by atoms with Gasteiger partial charge in [0.25, 0.3) is 0 Å². The van der Waals surface area contributed by atoms with Crippen LogP contribution >= 0.6 is 0 Å². The first-order valence-electron chi connectivity index (χ1n) is 12.0. The summed E-state index contributed by atoms with van der Waals surface area (Å²) < 4.78 is 0. The monoisotopic (exact) mass is 409 g/mol. The minimum Gasteiger partial charge on any atom is -0.372 e. The van der Waals surface area contributed by atoms with Crippen molar-refractivity contribution in [3.8, 4) is 0 Å². The molecule has 0 spiro atoms. The number of benzene rings is 1. The first-order chi connectivity index (χ1) is 14.6. The Balaban J connectivity index is 1.08. The van der Waals surface area contributed by atoms with Crippen LogP contribution in [0.1, 0.15) is 64.2 Å². The van der Waals surface area contributed by atoms with Gasteiger partial charge in [0.2, 0.25) is 11.8 Å². The lowest BCUT2D eigenvalue weighted by molar-refractivity contribution is -0.131. The Morgan fingerprint density at radius 2 is 1.47 bits per heavy atom. The number of hydrogen-bond acceptors (Lipinski definition) is 3. The van der Waals surface area contributed by atoms with Gasteiger partial charge < -0.3 is 15.5 Å². The fraction of sp³-hybridized carbons (Fsp3) is 0.680. The minimum absolute atomic E-state index is 0.0487. The summed E-state index contributed by atoms with van der Waals surface area (Å²) in [5.74, 6) is 2.44. The highest BCUT2D eigenvalue weighted by atomic mass is 16.2. The van der Waals surface area contributed by atoms with Crippen molar-refractivity contribution in [1.29, 1.82) is 0 Å². The van der Waals surface area contributed by atoms with Crippen LogP contribution in [0.4, 0.5) is 11.4 Å². The topological polar surface area (TPSA) is 61.4 Å². The molecule has 6 rings (SSSR count). The summed E-state index contributed by atoms with van der Waals surface area (Å²) in [7, 11) is 0. The Bertz CT molecular complexity index is 747. The van der Waals surface area contributed by atoms with Crippen molar-refractivity contribution in [2.24, 2.45) is 23.2 Å². The number of anilines is 2. The van der Waals surface area contributed by atoms with Crippen LogP contribution in [0.2, 0.25) is 0 Å². The number of amides is 2. The molecule has 162 valence electrons. The molecule has 5 heteroatoms. The summed E-state index contributed by atoms with van der Waals surface area (Å²) in [6, 6.07) is 8.07. The molecule has 2 amide bonds. The molecule has 4 bridgehead atoms. The van der Waals surface area contributed by atoms with Crippen LogP contribution in [-0.2, 0) is 9.59 Å². The van der Waals surface area contributed by atoms with Crippen molar-refractivity contribution in [3.63, 3.8) is 0 Å². The summed E-state index contributed by atoms with van der Waals surface area (Å²) >= 11 is 0. The second kappa shape index (κ2) is 8.24. The summed E-state index contributed by atoms with van der Waals surface area (Å²) in [6.07, 6.45) is 12.3. The van der Waals surface area contributed by atoms with E-state index >= 15 is 0 Å². The van der Waals surface area contributed by atoms with Crippen LogP contribution < -0.4 is 15.5 Å². The first-order valence-corrected chi connectivity index (χ1v) is 12.0. The zero-order chi connectivity index (χ0) is 20.6. The molecule has 1 aromatic carbocycles. The van der Waals surface area contributed by atoms with Crippen LogP contribution in [-0.4, -0.2) is 31.4 Å². The van der Waals surface area contributed by atoms with Crippen LogP contribution in [0.5, 0.6) is 0 Å². The summed E-state index contributed by atoms with van der Waals surface area (Å²) in [5.41, 5.74) is 2.23. The van der Waals surface area contributed by atoms with Crippen molar-refractivity contribution in [2.75, 3.05) is 29.9 Å². The van der Waals surface area contributed by atoms with E-state index < -0.39 is 0 Å². The molecule has 1 saturated heterocycles. The lowest BCUT2D eigenvalue weighted by Crippen LogP contribution is -2.48. The summed E-state index contributed by atoms with van der Waals surface area (Å²) in [5, 5.41) is 5.80. The van der Waals surface area contributed by atoms with Gasteiger partial charge in [0.1, 0.15) is 0 Å². The molecular formula is C25H35N3O2. The molecule has 1 aliphatic heterocycles. The van der Waals surface area contributed by atoms with Crippen molar-refractivity contribution >= 4 is 23.2 Å². The van der Waals surface area contributed by atoms with Gasteiger partial charge in [0.05, 0.1) is 6.54 Å². The molecule has 1 heterocycles. The second-order valence-corrected chi connectivity index (χ2v) is 10.5. The third kappa shape index (κ3) is 4.35. The van der Waals surface area contributed by atoms with Gasteiger partial charge in [-0.25, -0.2) is 0 Å². The molecule has 5 aliphatic rings. The Morgan fingerprint density at radius 1 is 0.867 bits per heavy atom. The fourth-order valence-electron chi connectivity index (χ4n) is 7.20. The van der Waals surface area contributed by atoms with E-state index in [0.717, 1.165) is 36.5 Å². The normalized spacial score (nSPS) is 32.1. The number of carbonyl (C=O) groups excluding carboxylic acids is 2. The molecule has 4 aliphatic carbocycles. The molecule has 0 aromatic heterocycles. The maximum absolute atomic E-state index is 12.6. The fourth-order valence-corrected chi connectivity index (χ4v) is 7.20. The standard InChI is InChI=1S/C25H35N3O2/c29-23(16-25-13-18-10-19(14-25)12-20(11-18)15-25)26-17-24(30)27-21-4-6-22(7-5-21)28-8-2-1-3-9-28/h4-7,18-20H,1-3,8-17H2,(H,26,29)(H,27,30). The van der Waals surface area contributed by atoms with Gasteiger partial charge in [-0.1, -0.05) is 0 Å². The van der Waals surface area contributed by atoms with Crippen molar-refractivity contribution in [1.82, 2.24) is 5.32 Å². The van der Waals surface area contributed by atoms with E-state index in [1.54, 1.807) is 0 Å². The Morgan fingerprint density at radius 3 is 2.07 bits per heavy atom. The zero-order valence-corrected chi connectivity index (χ0v) is 18.0. The van der Waals surface area contributed by atoms with Crippen molar-refractivity contribution in [2.45, 2.75) is 64.2 Å². The predicted octanol–water partition coefficient (Wildman–Crippen LogP) is 4.34. The Hall–Kier alpha value is -2.04. The number of nitrogens with one attached hydrogen (secondary N) is 2. The lowest BCUT2D eigenvalue weighted by Gasteiger charge is -2.56. The second-order valence-electron chi connectivity index (χ2n) is 10.5. The van der Waals surface area contributed by atoms with Gasteiger partial charge in [-0.05, 0) is 105 Å². The molecule has 0 atom stereocenters. The predicted molar refractivity (Wildman–Crippen MR) is 119 cm³/mol. The minimum atomic E-state index is -0.153. The number of rotatable bonds is 6. The van der Waals surface area contributed by atoms with Crippen LogP contribution in [0.3, 0.4) is 0 Å². The van der Waals surface area contributed by atoms with Gasteiger partial charge in [0, 0.05) is 30.9 Å². The molecule has 30 heavy (non-hydrogen) atoms. The maximum atomic E-state index is 12.6. The molecular weight excluding hydrogens is 374 g/mol. The average molecular weight is 410 g/mol. The maximum Gasteiger partial charge on any atom is 0.243 e. The Labute approximate surface area is 180 Å². The van der Waals surface area contributed by atoms with Gasteiger partial charge in [-0.2, -0.15) is 0 Å². The summed E-state index contributed by atoms with van der Waals surface area (Å²) in [6.45, 7) is 2.28. The summed E-state index contributed by atoms with van der Waals surface area (Å²) in [4.78, 5) is 27.3.